The third-order valence-electron chi connectivity index (χ3n) is 2.56. The van der Waals surface area contributed by atoms with Crippen LogP contribution in [0.1, 0.15) is 6.92 Å². The molecule has 0 aliphatic carbocycles. The molecule has 0 spiro atoms. The standard InChI is InChI=1S/C16H26O5/c1-2-17-8-9-18-10-11-19-12-13-20-14-15-21-16-6-4-3-5-7-16/h3-7H,2,8-15H2,1H3. The van der Waals surface area contributed by atoms with Crippen LogP contribution in [0.2, 0.25) is 0 Å². The maximum Gasteiger partial charge on any atom is 0.119 e. The van der Waals surface area contributed by atoms with Crippen molar-refractivity contribution in [2.45, 2.75) is 6.92 Å². The Kier molecular flexibility index (Phi) is 11.8. The molecule has 0 N–H and O–H groups in total. The van der Waals surface area contributed by atoms with Crippen LogP contribution in [-0.4, -0.2) is 59.5 Å². The maximum atomic E-state index is 5.50. The Labute approximate surface area is 127 Å². The summed E-state index contributed by atoms with van der Waals surface area (Å²) in [5.41, 5.74) is 0. The van der Waals surface area contributed by atoms with Crippen molar-refractivity contribution >= 4 is 0 Å². The lowest BCUT2D eigenvalue weighted by Crippen LogP contribution is -2.13. The highest BCUT2D eigenvalue weighted by Gasteiger charge is 1.94. The number of para-hydroxylation sites is 1. The minimum absolute atomic E-state index is 0.546. The molecule has 1 rings (SSSR count). The van der Waals surface area contributed by atoms with E-state index in [1.54, 1.807) is 0 Å². The van der Waals surface area contributed by atoms with Crippen molar-refractivity contribution in [2.75, 3.05) is 59.5 Å². The van der Waals surface area contributed by atoms with Gasteiger partial charge in [0.25, 0.3) is 0 Å². The van der Waals surface area contributed by atoms with Crippen LogP contribution in [0.25, 0.3) is 0 Å². The van der Waals surface area contributed by atoms with E-state index in [0.717, 1.165) is 12.4 Å². The van der Waals surface area contributed by atoms with Gasteiger partial charge in [-0.05, 0) is 19.1 Å². The molecule has 1 aromatic rings. The lowest BCUT2D eigenvalue weighted by Gasteiger charge is -2.08. The highest BCUT2D eigenvalue weighted by atomic mass is 16.6. The number of hydrogen-bond acceptors (Lipinski definition) is 5. The molecule has 0 amide bonds. The summed E-state index contributed by atoms with van der Waals surface area (Å²) in [4.78, 5) is 0. The SMILES string of the molecule is CCOCCOCCOCCOCCOc1ccccc1. The smallest absolute Gasteiger partial charge is 0.119 e. The fraction of sp³-hybridized carbons (Fsp3) is 0.625. The molecule has 0 atom stereocenters. The van der Waals surface area contributed by atoms with E-state index in [1.165, 1.54) is 0 Å². The lowest BCUT2D eigenvalue weighted by molar-refractivity contribution is -0.00342. The average molecular weight is 298 g/mol. The highest BCUT2D eigenvalue weighted by molar-refractivity contribution is 5.20. The summed E-state index contributed by atoms with van der Waals surface area (Å²) in [7, 11) is 0. The van der Waals surface area contributed by atoms with Gasteiger partial charge in [0.15, 0.2) is 0 Å². The number of benzene rings is 1. The Morgan fingerprint density at radius 2 is 1.10 bits per heavy atom. The van der Waals surface area contributed by atoms with Gasteiger partial charge < -0.3 is 23.7 Å². The zero-order valence-electron chi connectivity index (χ0n) is 12.8. The van der Waals surface area contributed by atoms with Gasteiger partial charge >= 0.3 is 0 Å². The summed E-state index contributed by atoms with van der Waals surface area (Å²) >= 11 is 0. The van der Waals surface area contributed by atoms with Crippen molar-refractivity contribution in [3.63, 3.8) is 0 Å². The third kappa shape index (κ3) is 11.2. The fourth-order valence-corrected chi connectivity index (χ4v) is 1.54. The van der Waals surface area contributed by atoms with Gasteiger partial charge in [-0.25, -0.2) is 0 Å². The van der Waals surface area contributed by atoms with Crippen LogP contribution in [0.5, 0.6) is 5.75 Å². The van der Waals surface area contributed by atoms with Crippen LogP contribution in [0.3, 0.4) is 0 Å². The van der Waals surface area contributed by atoms with Crippen LogP contribution in [0, 0.1) is 0 Å². The van der Waals surface area contributed by atoms with Gasteiger partial charge in [0.05, 0.1) is 46.2 Å². The van der Waals surface area contributed by atoms with Gasteiger partial charge in [-0.2, -0.15) is 0 Å². The zero-order chi connectivity index (χ0) is 15.0. The molecule has 0 radical (unpaired) electrons. The second-order valence-electron chi connectivity index (χ2n) is 4.20. The van der Waals surface area contributed by atoms with Crippen molar-refractivity contribution in [3.8, 4) is 5.75 Å². The average Bonchev–Trinajstić information content (AvgIpc) is 2.53. The molecule has 0 aliphatic heterocycles. The number of ether oxygens (including phenoxy) is 5. The molecule has 0 bridgehead atoms. The Bertz CT molecular complexity index is 318. The summed E-state index contributed by atoms with van der Waals surface area (Å²) in [6.45, 7) is 7.36. The van der Waals surface area contributed by atoms with E-state index in [2.05, 4.69) is 0 Å². The second-order valence-corrected chi connectivity index (χ2v) is 4.20. The van der Waals surface area contributed by atoms with Gasteiger partial charge in [-0.15, -0.1) is 0 Å². The van der Waals surface area contributed by atoms with E-state index in [4.69, 9.17) is 23.7 Å². The Morgan fingerprint density at radius 1 is 0.619 bits per heavy atom. The Hall–Kier alpha value is -1.14. The summed E-state index contributed by atoms with van der Waals surface area (Å²) in [5.74, 6) is 0.863. The third-order valence-corrected chi connectivity index (χ3v) is 2.56. The van der Waals surface area contributed by atoms with E-state index in [-0.39, 0.29) is 0 Å². The molecule has 0 saturated heterocycles. The molecular formula is C16H26O5. The molecule has 120 valence electrons. The Morgan fingerprint density at radius 3 is 1.62 bits per heavy atom. The van der Waals surface area contributed by atoms with E-state index in [1.807, 2.05) is 37.3 Å². The van der Waals surface area contributed by atoms with Crippen molar-refractivity contribution in [1.82, 2.24) is 0 Å². The van der Waals surface area contributed by atoms with Crippen LogP contribution in [-0.2, 0) is 18.9 Å². The van der Waals surface area contributed by atoms with E-state index in [9.17, 15) is 0 Å². The summed E-state index contributed by atoms with van der Waals surface area (Å²) < 4.78 is 26.7. The van der Waals surface area contributed by atoms with Gasteiger partial charge in [-0.3, -0.25) is 0 Å². The quantitative estimate of drug-likeness (QED) is 0.493. The topological polar surface area (TPSA) is 46.2 Å². The molecule has 0 heterocycles. The van der Waals surface area contributed by atoms with Crippen LogP contribution < -0.4 is 4.74 Å². The molecule has 0 fully saturated rings. The largest absolute Gasteiger partial charge is 0.491 e. The highest BCUT2D eigenvalue weighted by Crippen LogP contribution is 2.07. The van der Waals surface area contributed by atoms with Gasteiger partial charge in [0, 0.05) is 6.61 Å². The molecule has 0 unspecified atom stereocenters. The minimum Gasteiger partial charge on any atom is -0.491 e. The summed E-state index contributed by atoms with van der Waals surface area (Å²) in [6.07, 6.45) is 0. The monoisotopic (exact) mass is 298 g/mol. The molecule has 0 aromatic heterocycles. The van der Waals surface area contributed by atoms with Crippen molar-refractivity contribution < 1.29 is 23.7 Å². The van der Waals surface area contributed by atoms with Gasteiger partial charge in [0.1, 0.15) is 12.4 Å². The van der Waals surface area contributed by atoms with Crippen LogP contribution in [0.4, 0.5) is 0 Å². The van der Waals surface area contributed by atoms with Crippen molar-refractivity contribution in [3.05, 3.63) is 30.3 Å². The molecule has 21 heavy (non-hydrogen) atoms. The molecule has 1 aromatic carbocycles. The summed E-state index contributed by atoms with van der Waals surface area (Å²) in [6, 6.07) is 9.70. The van der Waals surface area contributed by atoms with Crippen molar-refractivity contribution in [1.29, 1.82) is 0 Å². The predicted molar refractivity (Wildman–Crippen MR) is 80.9 cm³/mol. The zero-order valence-corrected chi connectivity index (χ0v) is 12.8. The fourth-order valence-electron chi connectivity index (χ4n) is 1.54. The van der Waals surface area contributed by atoms with E-state index in [0.29, 0.717) is 52.9 Å². The molecule has 0 saturated carbocycles. The van der Waals surface area contributed by atoms with Crippen molar-refractivity contribution in [2.24, 2.45) is 0 Å². The van der Waals surface area contributed by atoms with Crippen LogP contribution >= 0.6 is 0 Å². The van der Waals surface area contributed by atoms with E-state index < -0.39 is 0 Å². The first-order valence-corrected chi connectivity index (χ1v) is 7.42. The Balaban J connectivity index is 1.75. The predicted octanol–water partition coefficient (Wildman–Crippen LogP) is 2.15. The maximum absolute atomic E-state index is 5.50. The first-order chi connectivity index (χ1) is 10.4. The first-order valence-electron chi connectivity index (χ1n) is 7.42. The number of hydrogen-bond donors (Lipinski definition) is 0. The van der Waals surface area contributed by atoms with Gasteiger partial charge in [0.2, 0.25) is 0 Å². The van der Waals surface area contributed by atoms with Gasteiger partial charge in [-0.1, -0.05) is 18.2 Å². The molecule has 5 heteroatoms. The normalized spacial score (nSPS) is 10.7. The molecule has 0 aliphatic rings. The lowest BCUT2D eigenvalue weighted by atomic mass is 10.3. The molecular weight excluding hydrogens is 272 g/mol. The second kappa shape index (κ2) is 13.8. The van der Waals surface area contributed by atoms with E-state index >= 15 is 0 Å². The number of rotatable bonds is 14. The summed E-state index contributed by atoms with van der Waals surface area (Å²) in [5, 5.41) is 0. The van der Waals surface area contributed by atoms with Crippen LogP contribution in [0.15, 0.2) is 30.3 Å². The minimum atomic E-state index is 0.546. The molecule has 5 nitrogen and oxygen atoms in total. The first kappa shape index (κ1) is 17.9.